The van der Waals surface area contributed by atoms with Gasteiger partial charge in [0, 0.05) is 0 Å². The van der Waals surface area contributed by atoms with Gasteiger partial charge in [-0.05, 0) is 24.2 Å². The Kier molecular flexibility index (Phi) is 7.16. The molecule has 3 unspecified atom stereocenters. The highest BCUT2D eigenvalue weighted by Gasteiger charge is 2.23. The second-order valence-corrected chi connectivity index (χ2v) is 6.19. The van der Waals surface area contributed by atoms with E-state index >= 15 is 0 Å². The Morgan fingerprint density at radius 1 is 0.812 bits per heavy atom. The quantitative estimate of drug-likeness (QED) is 0.479. The molecule has 0 nitrogen and oxygen atoms in total. The first-order valence-electron chi connectivity index (χ1n) is 7.74. The molecule has 0 spiro atoms. The summed E-state index contributed by atoms with van der Waals surface area (Å²) in [5, 5.41) is 0. The molecule has 0 aliphatic heterocycles. The molecule has 0 heteroatoms. The van der Waals surface area contributed by atoms with Crippen molar-refractivity contribution in [1.82, 2.24) is 0 Å². The molecule has 1 rings (SSSR count). The highest BCUT2D eigenvalue weighted by molar-refractivity contribution is 4.75. The summed E-state index contributed by atoms with van der Waals surface area (Å²) in [6.07, 6.45) is 14.8. The molecular formula is C16H32. The van der Waals surface area contributed by atoms with Crippen LogP contribution >= 0.6 is 0 Å². The first-order chi connectivity index (χ1) is 7.74. The molecule has 0 bridgehead atoms. The average molecular weight is 224 g/mol. The number of hydrogen-bond acceptors (Lipinski definition) is 0. The van der Waals surface area contributed by atoms with E-state index < -0.39 is 0 Å². The van der Waals surface area contributed by atoms with Gasteiger partial charge in [-0.2, -0.15) is 0 Å². The van der Waals surface area contributed by atoms with Crippen molar-refractivity contribution in [2.75, 3.05) is 0 Å². The Labute approximate surface area is 103 Å². The van der Waals surface area contributed by atoms with Crippen LogP contribution in [0, 0.1) is 17.8 Å². The van der Waals surface area contributed by atoms with Crippen LogP contribution in [0.2, 0.25) is 0 Å². The van der Waals surface area contributed by atoms with Crippen LogP contribution in [-0.4, -0.2) is 0 Å². The van der Waals surface area contributed by atoms with Crippen LogP contribution in [0.3, 0.4) is 0 Å². The van der Waals surface area contributed by atoms with E-state index in [2.05, 4.69) is 20.8 Å². The SMILES string of the molecule is CCCCCCCCC1CCC(C)C(C)C1. The minimum absolute atomic E-state index is 0.985. The summed E-state index contributed by atoms with van der Waals surface area (Å²) >= 11 is 0. The molecule has 3 atom stereocenters. The zero-order valence-corrected chi connectivity index (χ0v) is 11.8. The normalized spacial score (nSPS) is 30.6. The Hall–Kier alpha value is 0. The lowest BCUT2D eigenvalue weighted by Gasteiger charge is -2.32. The van der Waals surface area contributed by atoms with E-state index in [0.29, 0.717) is 0 Å². The maximum atomic E-state index is 2.46. The fourth-order valence-electron chi connectivity index (χ4n) is 3.13. The van der Waals surface area contributed by atoms with Gasteiger partial charge in [0.1, 0.15) is 0 Å². The molecule has 1 aliphatic carbocycles. The third-order valence-corrected chi connectivity index (χ3v) is 4.67. The Bertz CT molecular complexity index is 161. The molecule has 1 saturated carbocycles. The smallest absolute Gasteiger partial charge is 0.0412 e. The van der Waals surface area contributed by atoms with Gasteiger partial charge < -0.3 is 0 Å². The van der Waals surface area contributed by atoms with Crippen molar-refractivity contribution in [3.05, 3.63) is 0 Å². The van der Waals surface area contributed by atoms with Crippen LogP contribution in [0.5, 0.6) is 0 Å². The molecule has 96 valence electrons. The standard InChI is InChI=1S/C16H32/c1-4-5-6-7-8-9-10-16-12-11-14(2)15(3)13-16/h14-16H,4-13H2,1-3H3. The van der Waals surface area contributed by atoms with Gasteiger partial charge >= 0.3 is 0 Å². The lowest BCUT2D eigenvalue weighted by molar-refractivity contribution is 0.197. The highest BCUT2D eigenvalue weighted by atomic mass is 14.3. The van der Waals surface area contributed by atoms with Crippen molar-refractivity contribution >= 4 is 0 Å². The first-order valence-corrected chi connectivity index (χ1v) is 7.74. The molecular weight excluding hydrogens is 192 g/mol. The van der Waals surface area contributed by atoms with Gasteiger partial charge in [0.05, 0.1) is 0 Å². The zero-order valence-electron chi connectivity index (χ0n) is 11.8. The van der Waals surface area contributed by atoms with Gasteiger partial charge in [-0.3, -0.25) is 0 Å². The largest absolute Gasteiger partial charge is 0.0654 e. The molecule has 1 aliphatic rings. The van der Waals surface area contributed by atoms with Gasteiger partial charge in [0.25, 0.3) is 0 Å². The molecule has 0 heterocycles. The molecule has 0 saturated heterocycles. The molecule has 0 amide bonds. The van der Waals surface area contributed by atoms with E-state index in [1.165, 1.54) is 64.2 Å². The van der Waals surface area contributed by atoms with Gasteiger partial charge in [0.2, 0.25) is 0 Å². The monoisotopic (exact) mass is 224 g/mol. The summed E-state index contributed by atoms with van der Waals surface area (Å²) < 4.78 is 0. The van der Waals surface area contributed by atoms with Crippen LogP contribution < -0.4 is 0 Å². The maximum Gasteiger partial charge on any atom is -0.0412 e. The molecule has 0 radical (unpaired) electrons. The van der Waals surface area contributed by atoms with Crippen molar-refractivity contribution in [3.8, 4) is 0 Å². The minimum Gasteiger partial charge on any atom is -0.0654 e. The van der Waals surface area contributed by atoms with Gasteiger partial charge in [-0.1, -0.05) is 78.6 Å². The van der Waals surface area contributed by atoms with Crippen molar-refractivity contribution < 1.29 is 0 Å². The fraction of sp³-hybridized carbons (Fsp3) is 1.00. The van der Waals surface area contributed by atoms with Crippen LogP contribution in [0.1, 0.15) is 85.0 Å². The van der Waals surface area contributed by atoms with Gasteiger partial charge in [-0.15, -0.1) is 0 Å². The molecule has 16 heavy (non-hydrogen) atoms. The van der Waals surface area contributed by atoms with Crippen LogP contribution in [0.15, 0.2) is 0 Å². The molecule has 0 aromatic rings. The van der Waals surface area contributed by atoms with Crippen molar-refractivity contribution in [2.24, 2.45) is 17.8 Å². The molecule has 0 aromatic heterocycles. The summed E-state index contributed by atoms with van der Waals surface area (Å²) in [6, 6.07) is 0. The van der Waals surface area contributed by atoms with Crippen LogP contribution in [0.4, 0.5) is 0 Å². The lowest BCUT2D eigenvalue weighted by Crippen LogP contribution is -2.20. The Morgan fingerprint density at radius 2 is 1.50 bits per heavy atom. The lowest BCUT2D eigenvalue weighted by atomic mass is 9.74. The molecule has 0 aromatic carbocycles. The number of hydrogen-bond donors (Lipinski definition) is 0. The maximum absolute atomic E-state index is 2.46. The molecule has 1 fully saturated rings. The summed E-state index contributed by atoms with van der Waals surface area (Å²) in [7, 11) is 0. The summed E-state index contributed by atoms with van der Waals surface area (Å²) in [5.41, 5.74) is 0. The minimum atomic E-state index is 0.985. The topological polar surface area (TPSA) is 0 Å². The van der Waals surface area contributed by atoms with Crippen LogP contribution in [-0.2, 0) is 0 Å². The van der Waals surface area contributed by atoms with Crippen molar-refractivity contribution in [2.45, 2.75) is 85.0 Å². The second kappa shape index (κ2) is 8.14. The predicted octanol–water partition coefficient (Wildman–Crippen LogP) is 5.81. The summed E-state index contributed by atoms with van der Waals surface area (Å²) in [5.74, 6) is 3.04. The highest BCUT2D eigenvalue weighted by Crippen LogP contribution is 2.35. The number of unbranched alkanes of at least 4 members (excludes halogenated alkanes) is 5. The predicted molar refractivity (Wildman–Crippen MR) is 73.7 cm³/mol. The fourth-order valence-corrected chi connectivity index (χ4v) is 3.13. The van der Waals surface area contributed by atoms with E-state index in [1.54, 1.807) is 0 Å². The van der Waals surface area contributed by atoms with E-state index in [4.69, 9.17) is 0 Å². The van der Waals surface area contributed by atoms with Gasteiger partial charge in [-0.25, -0.2) is 0 Å². The first kappa shape index (κ1) is 14.1. The van der Waals surface area contributed by atoms with Crippen molar-refractivity contribution in [3.63, 3.8) is 0 Å². The number of rotatable bonds is 7. The summed E-state index contributed by atoms with van der Waals surface area (Å²) in [6.45, 7) is 7.19. The van der Waals surface area contributed by atoms with E-state index in [-0.39, 0.29) is 0 Å². The van der Waals surface area contributed by atoms with E-state index in [9.17, 15) is 0 Å². The third kappa shape index (κ3) is 5.37. The third-order valence-electron chi connectivity index (χ3n) is 4.67. The second-order valence-electron chi connectivity index (χ2n) is 6.19. The van der Waals surface area contributed by atoms with Crippen LogP contribution in [0.25, 0.3) is 0 Å². The van der Waals surface area contributed by atoms with E-state index in [1.807, 2.05) is 0 Å². The molecule has 0 N–H and O–H groups in total. The van der Waals surface area contributed by atoms with Gasteiger partial charge in [0.15, 0.2) is 0 Å². The Balaban J connectivity index is 1.97. The average Bonchev–Trinajstić information content (AvgIpc) is 2.28. The zero-order chi connectivity index (χ0) is 11.8. The van der Waals surface area contributed by atoms with E-state index in [0.717, 1.165) is 17.8 Å². The Morgan fingerprint density at radius 3 is 2.19 bits per heavy atom. The summed E-state index contributed by atoms with van der Waals surface area (Å²) in [4.78, 5) is 0. The van der Waals surface area contributed by atoms with Crippen molar-refractivity contribution in [1.29, 1.82) is 0 Å².